The first kappa shape index (κ1) is 24.8. The summed E-state index contributed by atoms with van der Waals surface area (Å²) in [7, 11) is 0. The molecule has 0 radical (unpaired) electrons. The van der Waals surface area contributed by atoms with Crippen molar-refractivity contribution in [2.24, 2.45) is 0 Å². The van der Waals surface area contributed by atoms with Gasteiger partial charge >= 0.3 is 0 Å². The maximum Gasteiger partial charge on any atom is 0.254 e. The number of thiophene rings is 1. The molecule has 0 saturated carbocycles. The van der Waals surface area contributed by atoms with E-state index in [2.05, 4.69) is 16.7 Å². The molecule has 4 rings (SSSR count). The van der Waals surface area contributed by atoms with Crippen molar-refractivity contribution in [3.63, 3.8) is 0 Å². The van der Waals surface area contributed by atoms with Gasteiger partial charge in [-0.15, -0.1) is 11.3 Å². The molecule has 1 aliphatic rings. The first-order valence-electron chi connectivity index (χ1n) is 10.8. The van der Waals surface area contributed by atoms with E-state index in [1.54, 1.807) is 18.2 Å². The number of hydrogen-bond donors (Lipinski definition) is 2. The molecular weight excluding hydrogens is 498 g/mol. The highest BCUT2D eigenvalue weighted by molar-refractivity contribution is 8.03. The topological polar surface area (TPSA) is 82.0 Å². The van der Waals surface area contributed by atoms with Gasteiger partial charge in [-0.1, -0.05) is 59.8 Å². The van der Waals surface area contributed by atoms with Gasteiger partial charge in [-0.25, -0.2) is 0 Å². The zero-order valence-electron chi connectivity index (χ0n) is 19.1. The van der Waals surface area contributed by atoms with Crippen LogP contribution in [0.1, 0.15) is 33.6 Å². The van der Waals surface area contributed by atoms with Crippen LogP contribution < -0.4 is 10.6 Å². The lowest BCUT2D eigenvalue weighted by atomic mass is 9.82. The van der Waals surface area contributed by atoms with Crippen molar-refractivity contribution in [2.45, 2.75) is 19.8 Å². The zero-order chi connectivity index (χ0) is 24.9. The fraction of sp³-hybridized carbons (Fsp3) is 0.148. The molecule has 2 heterocycles. The highest BCUT2D eigenvalue weighted by atomic mass is 35.5. The Balaban J connectivity index is 1.71. The number of allylic oxidation sites excluding steroid dienone is 2. The Kier molecular flexibility index (Phi) is 7.76. The predicted molar refractivity (Wildman–Crippen MR) is 144 cm³/mol. The molecule has 0 saturated heterocycles. The summed E-state index contributed by atoms with van der Waals surface area (Å²) in [6.07, 6.45) is 0. The molecule has 1 aromatic heterocycles. The number of carbonyl (C=O) groups is 2. The minimum atomic E-state index is -0.609. The summed E-state index contributed by atoms with van der Waals surface area (Å²) >= 11 is 8.78. The van der Waals surface area contributed by atoms with Gasteiger partial charge in [0.25, 0.3) is 5.91 Å². The van der Waals surface area contributed by atoms with Crippen molar-refractivity contribution in [1.82, 2.24) is 5.32 Å². The summed E-state index contributed by atoms with van der Waals surface area (Å²) in [5.74, 6) is -0.735. The zero-order valence-corrected chi connectivity index (χ0v) is 21.5. The molecule has 3 aromatic rings. The molecule has 1 aliphatic heterocycles. The summed E-state index contributed by atoms with van der Waals surface area (Å²) < 4.78 is 0. The minimum Gasteiger partial charge on any atom is -0.353 e. The van der Waals surface area contributed by atoms with Crippen molar-refractivity contribution in [1.29, 1.82) is 5.26 Å². The van der Waals surface area contributed by atoms with Crippen molar-refractivity contribution < 1.29 is 9.59 Å². The molecule has 0 bridgehead atoms. The van der Waals surface area contributed by atoms with Gasteiger partial charge in [-0.3, -0.25) is 9.59 Å². The van der Waals surface area contributed by atoms with Gasteiger partial charge in [0.2, 0.25) is 0 Å². The Labute approximate surface area is 217 Å². The van der Waals surface area contributed by atoms with E-state index < -0.39 is 5.92 Å². The van der Waals surface area contributed by atoms with Crippen LogP contribution in [0.2, 0.25) is 5.02 Å². The van der Waals surface area contributed by atoms with E-state index in [4.69, 9.17) is 11.6 Å². The third-order valence-electron chi connectivity index (χ3n) is 5.63. The van der Waals surface area contributed by atoms with Crippen LogP contribution in [0.5, 0.6) is 0 Å². The number of Topliss-reactive ketones (excluding diaryl/α,β-unsaturated/α-hetero) is 1. The molecule has 1 unspecified atom stereocenters. The minimum absolute atomic E-state index is 0.00985. The SMILES string of the molecule is CC1=C(C(=O)Nc2ccccc2C)C(c2ccc(Cl)cc2)C(C#N)=C(SCC(=O)c2cccs2)N1. The number of nitrogens with zero attached hydrogens (tertiary/aromatic N) is 1. The Morgan fingerprint density at radius 1 is 1.11 bits per heavy atom. The number of halogens is 1. The second-order valence-electron chi connectivity index (χ2n) is 7.96. The van der Waals surface area contributed by atoms with E-state index >= 15 is 0 Å². The number of amides is 1. The van der Waals surface area contributed by atoms with E-state index in [1.165, 1.54) is 23.1 Å². The third kappa shape index (κ3) is 5.51. The molecule has 2 N–H and O–H groups in total. The maximum absolute atomic E-state index is 13.5. The number of anilines is 1. The number of nitriles is 1. The maximum atomic E-state index is 13.5. The molecule has 2 aromatic carbocycles. The molecule has 0 spiro atoms. The largest absolute Gasteiger partial charge is 0.353 e. The fourth-order valence-corrected chi connectivity index (χ4v) is 5.72. The monoisotopic (exact) mass is 519 g/mol. The van der Waals surface area contributed by atoms with Gasteiger partial charge < -0.3 is 10.6 Å². The Bertz CT molecular complexity index is 1370. The molecular formula is C27H22ClN3O2S2. The first-order valence-corrected chi connectivity index (χ1v) is 13.1. The van der Waals surface area contributed by atoms with Crippen LogP contribution in [0.15, 0.2) is 87.9 Å². The number of carbonyl (C=O) groups excluding carboxylic acids is 2. The molecule has 1 atom stereocenters. The van der Waals surface area contributed by atoms with E-state index in [0.717, 1.165) is 11.1 Å². The van der Waals surface area contributed by atoms with Crippen LogP contribution in [0.25, 0.3) is 0 Å². The molecule has 1 amide bonds. The summed E-state index contributed by atoms with van der Waals surface area (Å²) in [5.41, 5.74) is 3.87. The number of dihydropyridines is 1. The number of rotatable bonds is 7. The summed E-state index contributed by atoms with van der Waals surface area (Å²) in [6.45, 7) is 3.73. The number of ketones is 1. The lowest BCUT2D eigenvalue weighted by Gasteiger charge is -2.30. The number of para-hydroxylation sites is 1. The number of aryl methyl sites for hydroxylation is 1. The van der Waals surface area contributed by atoms with E-state index in [-0.39, 0.29) is 17.4 Å². The van der Waals surface area contributed by atoms with Gasteiger partial charge in [0.15, 0.2) is 5.78 Å². The predicted octanol–water partition coefficient (Wildman–Crippen LogP) is 6.66. The van der Waals surface area contributed by atoms with Crippen molar-refractivity contribution in [3.05, 3.63) is 109 Å². The van der Waals surface area contributed by atoms with Crippen LogP contribution in [0.3, 0.4) is 0 Å². The van der Waals surface area contributed by atoms with Crippen molar-refractivity contribution >= 4 is 52.1 Å². The molecule has 35 heavy (non-hydrogen) atoms. The lowest BCUT2D eigenvalue weighted by Crippen LogP contribution is -2.31. The number of nitrogens with one attached hydrogen (secondary N) is 2. The standard InChI is InChI=1S/C27H22ClN3O2S2/c1-16-6-3-4-7-21(16)31-26(33)24-17(2)30-27(35-15-22(32)23-8-5-13-34-23)20(14-29)25(24)18-9-11-19(28)12-10-18/h3-13,25,30H,15H2,1-2H3,(H,31,33). The Hall–Kier alpha value is -3.31. The first-order chi connectivity index (χ1) is 16.9. The molecule has 0 fully saturated rings. The lowest BCUT2D eigenvalue weighted by molar-refractivity contribution is -0.113. The van der Waals surface area contributed by atoms with Crippen LogP contribution in [0, 0.1) is 18.3 Å². The molecule has 0 aliphatic carbocycles. The van der Waals surface area contributed by atoms with Gasteiger partial charge in [-0.05, 0) is 54.6 Å². The van der Waals surface area contributed by atoms with Crippen LogP contribution >= 0.6 is 34.7 Å². The fourth-order valence-electron chi connectivity index (χ4n) is 3.86. The van der Waals surface area contributed by atoms with E-state index in [9.17, 15) is 14.9 Å². The van der Waals surface area contributed by atoms with Gasteiger partial charge in [0, 0.05) is 22.0 Å². The summed E-state index contributed by atoms with van der Waals surface area (Å²) in [6, 6.07) is 20.6. The molecule has 5 nitrogen and oxygen atoms in total. The average Bonchev–Trinajstić information content (AvgIpc) is 3.39. The highest BCUT2D eigenvalue weighted by Gasteiger charge is 2.35. The van der Waals surface area contributed by atoms with E-state index in [1.807, 2.05) is 61.7 Å². The second kappa shape index (κ2) is 11.0. The van der Waals surface area contributed by atoms with Gasteiger partial charge in [0.05, 0.1) is 33.2 Å². The smallest absolute Gasteiger partial charge is 0.254 e. The molecule has 176 valence electrons. The number of benzene rings is 2. The van der Waals surface area contributed by atoms with Crippen molar-refractivity contribution in [2.75, 3.05) is 11.1 Å². The van der Waals surface area contributed by atoms with Crippen LogP contribution in [0.4, 0.5) is 5.69 Å². The second-order valence-corrected chi connectivity index (χ2v) is 10.3. The summed E-state index contributed by atoms with van der Waals surface area (Å²) in [4.78, 5) is 26.8. The highest BCUT2D eigenvalue weighted by Crippen LogP contribution is 2.41. The van der Waals surface area contributed by atoms with Crippen molar-refractivity contribution in [3.8, 4) is 6.07 Å². The van der Waals surface area contributed by atoms with Crippen LogP contribution in [-0.4, -0.2) is 17.4 Å². The van der Waals surface area contributed by atoms with Crippen LogP contribution in [-0.2, 0) is 4.79 Å². The third-order valence-corrected chi connectivity index (χ3v) is 7.81. The molecule has 8 heteroatoms. The Morgan fingerprint density at radius 3 is 2.51 bits per heavy atom. The quantitative estimate of drug-likeness (QED) is 0.341. The summed E-state index contributed by atoms with van der Waals surface area (Å²) in [5, 5.41) is 19.4. The van der Waals surface area contributed by atoms with Gasteiger partial charge in [0.1, 0.15) is 0 Å². The van der Waals surface area contributed by atoms with E-state index in [0.29, 0.717) is 37.5 Å². The normalized spacial score (nSPS) is 15.4. The average molecular weight is 520 g/mol. The van der Waals surface area contributed by atoms with Gasteiger partial charge in [-0.2, -0.15) is 5.26 Å². The number of hydrogen-bond acceptors (Lipinski definition) is 6. The Morgan fingerprint density at radius 2 is 1.86 bits per heavy atom. The number of thioether (sulfide) groups is 1.